The molecular formula is C63H39NO. The topological polar surface area (TPSA) is 16.4 Å². The van der Waals surface area contributed by atoms with E-state index in [1.807, 2.05) is 0 Å². The fraction of sp³-hybridized carbons (Fsp3) is 0.0159. The van der Waals surface area contributed by atoms with Gasteiger partial charge in [-0.15, -0.1) is 0 Å². The molecule has 2 heteroatoms. The molecule has 0 aliphatic heterocycles. The Bertz CT molecular complexity index is 3850. The van der Waals surface area contributed by atoms with Crippen molar-refractivity contribution >= 4 is 60.5 Å². The van der Waals surface area contributed by atoms with E-state index in [0.29, 0.717) is 0 Å². The summed E-state index contributed by atoms with van der Waals surface area (Å²) in [5.74, 6) is 0. The molecule has 2 nitrogen and oxygen atoms in total. The Morgan fingerprint density at radius 2 is 0.877 bits per heavy atom. The van der Waals surface area contributed by atoms with Crippen LogP contribution >= 0.6 is 0 Å². The van der Waals surface area contributed by atoms with Crippen LogP contribution in [0.15, 0.2) is 241 Å². The highest BCUT2D eigenvalue weighted by molar-refractivity contribution is 6.18. The summed E-state index contributed by atoms with van der Waals surface area (Å²) in [6.07, 6.45) is 0. The maximum absolute atomic E-state index is 6.66. The number of rotatable bonds is 5. The third-order valence-electron chi connectivity index (χ3n) is 14.3. The van der Waals surface area contributed by atoms with Gasteiger partial charge in [-0.25, -0.2) is 0 Å². The molecule has 1 aromatic heterocycles. The van der Waals surface area contributed by atoms with Crippen LogP contribution in [-0.2, 0) is 5.41 Å². The number of hydrogen-bond donors (Lipinski definition) is 0. The minimum absolute atomic E-state index is 0.422. The van der Waals surface area contributed by atoms with E-state index in [2.05, 4.69) is 241 Å². The fourth-order valence-corrected chi connectivity index (χ4v) is 11.5. The lowest BCUT2D eigenvalue weighted by Crippen LogP contribution is -2.25. The second kappa shape index (κ2) is 13.8. The van der Waals surface area contributed by atoms with Gasteiger partial charge in [-0.1, -0.05) is 188 Å². The van der Waals surface area contributed by atoms with Gasteiger partial charge in [0.2, 0.25) is 0 Å². The molecular weight excluding hydrogens is 787 g/mol. The maximum Gasteiger partial charge on any atom is 0.136 e. The first-order valence-corrected chi connectivity index (χ1v) is 22.5. The molecule has 0 unspecified atom stereocenters. The normalized spacial score (nSPS) is 13.0. The molecule has 0 fully saturated rings. The first-order chi connectivity index (χ1) is 32.2. The van der Waals surface area contributed by atoms with Crippen LogP contribution in [0.3, 0.4) is 0 Å². The molecule has 0 N–H and O–H groups in total. The fourth-order valence-electron chi connectivity index (χ4n) is 11.5. The van der Waals surface area contributed by atoms with Gasteiger partial charge in [0.1, 0.15) is 11.2 Å². The minimum atomic E-state index is -0.422. The highest BCUT2D eigenvalue weighted by atomic mass is 16.3. The number of fused-ring (bicyclic) bond motifs is 16. The van der Waals surface area contributed by atoms with Gasteiger partial charge < -0.3 is 9.32 Å². The Hall–Kier alpha value is -8.46. The highest BCUT2D eigenvalue weighted by Crippen LogP contribution is 2.63. The molecule has 0 saturated carbocycles. The summed E-state index contributed by atoms with van der Waals surface area (Å²) in [4.78, 5) is 2.47. The van der Waals surface area contributed by atoms with Crippen LogP contribution in [-0.4, -0.2) is 0 Å². The lowest BCUT2D eigenvalue weighted by atomic mass is 9.70. The monoisotopic (exact) mass is 825 g/mol. The van der Waals surface area contributed by atoms with E-state index in [9.17, 15) is 0 Å². The molecule has 0 atom stereocenters. The van der Waals surface area contributed by atoms with E-state index in [0.717, 1.165) is 50.1 Å². The SMILES string of the molecule is c1ccc(-c2ccc(N(c3ccc4c(c3)-c3ccccc3C43c4ccccc4-c4ccccc43)c3ccc4oc5ccccc5c4c3-c3ccc4c(ccc5ccccc54)c3)cc2)cc1. The van der Waals surface area contributed by atoms with Crippen molar-refractivity contribution in [1.29, 1.82) is 0 Å². The second-order valence-corrected chi connectivity index (χ2v) is 17.5. The van der Waals surface area contributed by atoms with Crippen LogP contribution in [0.5, 0.6) is 0 Å². The number of hydrogen-bond acceptors (Lipinski definition) is 2. The first kappa shape index (κ1) is 36.1. The van der Waals surface area contributed by atoms with E-state index < -0.39 is 5.41 Å². The first-order valence-electron chi connectivity index (χ1n) is 22.5. The predicted octanol–water partition coefficient (Wildman–Crippen LogP) is 17.0. The lowest BCUT2D eigenvalue weighted by molar-refractivity contribution is 0.669. The Morgan fingerprint density at radius 3 is 1.63 bits per heavy atom. The quantitative estimate of drug-likeness (QED) is 0.161. The van der Waals surface area contributed by atoms with Crippen molar-refractivity contribution in [2.45, 2.75) is 5.41 Å². The largest absolute Gasteiger partial charge is 0.456 e. The summed E-state index contributed by atoms with van der Waals surface area (Å²) in [5, 5.41) is 7.15. The second-order valence-electron chi connectivity index (χ2n) is 17.5. The smallest absolute Gasteiger partial charge is 0.136 e. The summed E-state index contributed by atoms with van der Waals surface area (Å²) in [6.45, 7) is 0. The van der Waals surface area contributed by atoms with Crippen molar-refractivity contribution in [1.82, 2.24) is 0 Å². The minimum Gasteiger partial charge on any atom is -0.456 e. The number of benzene rings is 11. The summed E-state index contributed by atoms with van der Waals surface area (Å²) < 4.78 is 6.66. The van der Waals surface area contributed by atoms with E-state index in [1.54, 1.807) is 0 Å². The van der Waals surface area contributed by atoms with Gasteiger partial charge in [0.15, 0.2) is 0 Å². The van der Waals surface area contributed by atoms with Gasteiger partial charge in [0.05, 0.1) is 11.1 Å². The Morgan fingerprint density at radius 1 is 0.323 bits per heavy atom. The van der Waals surface area contributed by atoms with Gasteiger partial charge in [-0.3, -0.25) is 0 Å². The molecule has 302 valence electrons. The van der Waals surface area contributed by atoms with Gasteiger partial charge in [0.25, 0.3) is 0 Å². The summed E-state index contributed by atoms with van der Waals surface area (Å²) in [5.41, 5.74) is 19.7. The number of nitrogens with zero attached hydrogens (tertiary/aromatic N) is 1. The lowest BCUT2D eigenvalue weighted by Gasteiger charge is -2.31. The van der Waals surface area contributed by atoms with Gasteiger partial charge >= 0.3 is 0 Å². The Kier molecular flexibility index (Phi) is 7.64. The van der Waals surface area contributed by atoms with Crippen LogP contribution in [0, 0.1) is 0 Å². The van der Waals surface area contributed by atoms with E-state index in [4.69, 9.17) is 4.42 Å². The molecule has 14 rings (SSSR count). The van der Waals surface area contributed by atoms with E-state index in [1.165, 1.54) is 77.2 Å². The average molecular weight is 826 g/mol. The number of anilines is 3. The molecule has 0 bridgehead atoms. The van der Waals surface area contributed by atoms with Crippen molar-refractivity contribution in [2.24, 2.45) is 0 Å². The van der Waals surface area contributed by atoms with Crippen molar-refractivity contribution in [3.05, 3.63) is 259 Å². The molecule has 2 aliphatic rings. The van der Waals surface area contributed by atoms with Crippen LogP contribution in [0.1, 0.15) is 22.3 Å². The van der Waals surface area contributed by atoms with Crippen molar-refractivity contribution in [2.75, 3.05) is 4.90 Å². The molecule has 1 heterocycles. The summed E-state index contributed by atoms with van der Waals surface area (Å²) in [6, 6.07) is 87.1. The summed E-state index contributed by atoms with van der Waals surface area (Å²) >= 11 is 0. The molecule has 65 heavy (non-hydrogen) atoms. The number of furan rings is 1. The van der Waals surface area contributed by atoms with Crippen molar-refractivity contribution in [3.8, 4) is 44.5 Å². The van der Waals surface area contributed by atoms with Crippen molar-refractivity contribution < 1.29 is 4.42 Å². The van der Waals surface area contributed by atoms with Gasteiger partial charge in [-0.05, 0) is 131 Å². The zero-order chi connectivity index (χ0) is 42.6. The average Bonchev–Trinajstić information content (AvgIpc) is 4.01. The molecule has 1 spiro atoms. The highest BCUT2D eigenvalue weighted by Gasteiger charge is 2.51. The van der Waals surface area contributed by atoms with Crippen LogP contribution < -0.4 is 4.90 Å². The maximum atomic E-state index is 6.66. The standard InChI is InChI=1S/C63H39NO/c1-2-14-40(15-3-1)41-28-31-45(32-29-41)64(46-33-35-57-53(39-46)51-20-8-12-24-56(51)63(57)54-22-10-6-18-49(54)50-19-7-11-23-55(50)63)58-36-37-60-62(52-21-9-13-25-59(52)65-60)61(58)44-30-34-48-43(38-44)27-26-42-16-4-5-17-47(42)48/h1-39H. The number of para-hydroxylation sites is 1. The molecule has 0 amide bonds. The Labute approximate surface area is 376 Å². The van der Waals surface area contributed by atoms with Crippen LogP contribution in [0.25, 0.3) is 88.0 Å². The molecule has 2 aliphatic carbocycles. The van der Waals surface area contributed by atoms with Crippen molar-refractivity contribution in [3.63, 3.8) is 0 Å². The Balaban J connectivity index is 1.05. The predicted molar refractivity (Wildman–Crippen MR) is 271 cm³/mol. The zero-order valence-corrected chi connectivity index (χ0v) is 35.4. The van der Waals surface area contributed by atoms with E-state index >= 15 is 0 Å². The van der Waals surface area contributed by atoms with Gasteiger partial charge in [0, 0.05) is 27.7 Å². The molecule has 11 aromatic carbocycles. The van der Waals surface area contributed by atoms with E-state index in [-0.39, 0.29) is 0 Å². The molecule has 0 saturated heterocycles. The third-order valence-corrected chi connectivity index (χ3v) is 14.3. The van der Waals surface area contributed by atoms with Gasteiger partial charge in [-0.2, -0.15) is 0 Å². The molecule has 12 aromatic rings. The zero-order valence-electron chi connectivity index (χ0n) is 35.4. The van der Waals surface area contributed by atoms with Crippen LogP contribution in [0.2, 0.25) is 0 Å². The third kappa shape index (κ3) is 5.11. The van der Waals surface area contributed by atoms with Crippen LogP contribution in [0.4, 0.5) is 17.1 Å². The molecule has 0 radical (unpaired) electrons. The summed E-state index contributed by atoms with van der Waals surface area (Å²) in [7, 11) is 0.